The third-order valence-corrected chi connectivity index (χ3v) is 6.68. The molecule has 20 heavy (non-hydrogen) atoms. The molecule has 0 amide bonds. The molecular weight excluding hydrogens is 298 g/mol. The Bertz CT molecular complexity index is 556. The number of anilines is 1. The van der Waals surface area contributed by atoms with Crippen LogP contribution in [0.15, 0.2) is 4.21 Å². The van der Waals surface area contributed by atoms with Gasteiger partial charge in [0.1, 0.15) is 0 Å². The van der Waals surface area contributed by atoms with E-state index in [1.54, 1.807) is 6.92 Å². The summed E-state index contributed by atoms with van der Waals surface area (Å²) in [6.07, 6.45) is 2.66. The summed E-state index contributed by atoms with van der Waals surface area (Å²) < 4.78 is 32.7. The lowest BCUT2D eigenvalue weighted by molar-refractivity contribution is 0.0193. The zero-order valence-electron chi connectivity index (χ0n) is 11.8. The highest BCUT2D eigenvalue weighted by atomic mass is 32.2. The molecule has 2 N–H and O–H groups in total. The monoisotopic (exact) mass is 319 g/mol. The summed E-state index contributed by atoms with van der Waals surface area (Å²) in [4.78, 5) is 4.00. The van der Waals surface area contributed by atoms with Crippen molar-refractivity contribution in [3.63, 3.8) is 0 Å². The van der Waals surface area contributed by atoms with Crippen LogP contribution in [0.4, 0.5) is 5.13 Å². The lowest BCUT2D eigenvalue weighted by atomic mass is 10.1. The van der Waals surface area contributed by atoms with E-state index in [-0.39, 0.29) is 15.4 Å². The molecule has 0 radical (unpaired) electrons. The van der Waals surface area contributed by atoms with E-state index in [4.69, 9.17) is 10.5 Å². The van der Waals surface area contributed by atoms with Crippen LogP contribution in [0.25, 0.3) is 0 Å². The predicted octanol–water partition coefficient (Wildman–Crippen LogP) is 1.61. The maximum Gasteiger partial charge on any atom is 0.254 e. The average Bonchev–Trinajstić information content (AvgIpc) is 2.76. The summed E-state index contributed by atoms with van der Waals surface area (Å²) in [6.45, 7) is 5.34. The zero-order valence-corrected chi connectivity index (χ0v) is 13.5. The molecule has 0 saturated carbocycles. The summed E-state index contributed by atoms with van der Waals surface area (Å²) in [5.74, 6) is 0. The van der Waals surface area contributed by atoms with Crippen LogP contribution in [0, 0.1) is 6.92 Å². The number of ether oxygens (including phenoxy) is 1. The van der Waals surface area contributed by atoms with E-state index in [9.17, 15) is 8.42 Å². The quantitative estimate of drug-likeness (QED) is 0.891. The van der Waals surface area contributed by atoms with E-state index >= 15 is 0 Å². The Morgan fingerprint density at radius 2 is 2.30 bits per heavy atom. The molecule has 1 aliphatic heterocycles. The van der Waals surface area contributed by atoms with Crippen molar-refractivity contribution in [3.8, 4) is 0 Å². The van der Waals surface area contributed by atoms with Crippen molar-refractivity contribution in [2.24, 2.45) is 0 Å². The number of aromatic nitrogens is 1. The molecule has 1 aromatic heterocycles. The molecule has 1 aromatic rings. The van der Waals surface area contributed by atoms with Crippen LogP contribution < -0.4 is 5.73 Å². The molecule has 1 unspecified atom stereocenters. The third-order valence-electron chi connectivity index (χ3n) is 3.24. The Balaban J connectivity index is 2.15. The smallest absolute Gasteiger partial charge is 0.254 e. The van der Waals surface area contributed by atoms with Crippen LogP contribution >= 0.6 is 11.3 Å². The van der Waals surface area contributed by atoms with Gasteiger partial charge in [-0.2, -0.15) is 4.31 Å². The molecule has 6 nitrogen and oxygen atoms in total. The van der Waals surface area contributed by atoms with Crippen LogP contribution in [0.5, 0.6) is 0 Å². The van der Waals surface area contributed by atoms with Gasteiger partial charge in [0.2, 0.25) is 0 Å². The molecule has 0 aromatic carbocycles. The van der Waals surface area contributed by atoms with Crippen LogP contribution in [0.1, 0.15) is 31.9 Å². The summed E-state index contributed by atoms with van der Waals surface area (Å²) in [6, 6.07) is 0. The first-order valence-electron chi connectivity index (χ1n) is 6.79. The van der Waals surface area contributed by atoms with Crippen LogP contribution in [0.2, 0.25) is 0 Å². The molecular formula is C12H21N3O3S2. The highest BCUT2D eigenvalue weighted by Gasteiger charge is 2.33. The molecule has 2 rings (SSSR count). The molecule has 1 fully saturated rings. The fraction of sp³-hybridized carbons (Fsp3) is 0.750. The number of sulfonamides is 1. The van der Waals surface area contributed by atoms with Crippen molar-refractivity contribution in [3.05, 3.63) is 5.69 Å². The third kappa shape index (κ3) is 3.30. The number of nitrogens with two attached hydrogens (primary N) is 1. The molecule has 0 aliphatic carbocycles. The summed E-state index contributed by atoms with van der Waals surface area (Å²) in [5, 5.41) is 0.289. The van der Waals surface area contributed by atoms with Gasteiger partial charge in [-0.25, -0.2) is 13.4 Å². The van der Waals surface area contributed by atoms with Gasteiger partial charge in [0, 0.05) is 19.7 Å². The lowest BCUT2D eigenvalue weighted by Gasteiger charge is -2.31. The number of piperidine rings is 1. The Labute approximate surface area is 124 Å². The lowest BCUT2D eigenvalue weighted by Crippen LogP contribution is -2.43. The molecule has 0 bridgehead atoms. The van der Waals surface area contributed by atoms with Crippen LogP contribution in [-0.4, -0.2) is 43.5 Å². The zero-order chi connectivity index (χ0) is 14.8. The van der Waals surface area contributed by atoms with E-state index in [1.165, 1.54) is 4.31 Å². The molecule has 114 valence electrons. The fourth-order valence-corrected chi connectivity index (χ4v) is 5.25. The second kappa shape index (κ2) is 6.38. The first kappa shape index (κ1) is 15.7. The molecule has 1 saturated heterocycles. The largest absolute Gasteiger partial charge is 0.377 e. The van der Waals surface area contributed by atoms with Gasteiger partial charge in [-0.1, -0.05) is 18.3 Å². The van der Waals surface area contributed by atoms with Crippen molar-refractivity contribution in [1.82, 2.24) is 9.29 Å². The summed E-state index contributed by atoms with van der Waals surface area (Å²) in [7, 11) is -3.50. The van der Waals surface area contributed by atoms with Gasteiger partial charge in [-0.3, -0.25) is 0 Å². The van der Waals surface area contributed by atoms with E-state index in [1.807, 2.05) is 6.92 Å². The van der Waals surface area contributed by atoms with E-state index < -0.39 is 10.0 Å². The molecule has 2 heterocycles. The van der Waals surface area contributed by atoms with Crippen molar-refractivity contribution < 1.29 is 13.2 Å². The van der Waals surface area contributed by atoms with Gasteiger partial charge in [-0.15, -0.1) is 0 Å². The average molecular weight is 319 g/mol. The van der Waals surface area contributed by atoms with Crippen molar-refractivity contribution in [1.29, 1.82) is 0 Å². The maximum absolute atomic E-state index is 12.6. The molecule has 1 aliphatic rings. The second-order valence-electron chi connectivity index (χ2n) is 4.92. The van der Waals surface area contributed by atoms with Crippen LogP contribution in [-0.2, 0) is 14.8 Å². The van der Waals surface area contributed by atoms with Gasteiger partial charge in [0.25, 0.3) is 10.0 Å². The number of rotatable bonds is 5. The van der Waals surface area contributed by atoms with Gasteiger partial charge in [0.05, 0.1) is 11.8 Å². The van der Waals surface area contributed by atoms with E-state index in [0.717, 1.165) is 30.6 Å². The number of thiazole rings is 1. The summed E-state index contributed by atoms with van der Waals surface area (Å²) >= 11 is 1.03. The Morgan fingerprint density at radius 1 is 1.55 bits per heavy atom. The Morgan fingerprint density at radius 3 is 2.90 bits per heavy atom. The SMILES string of the molecule is CCCOC1CCCN(S(=O)(=O)c2sc(N)nc2C)C1. The second-order valence-corrected chi connectivity index (χ2v) is 8.09. The minimum absolute atomic E-state index is 0.0101. The maximum atomic E-state index is 12.6. The number of hydrogen-bond donors (Lipinski definition) is 1. The number of nitrogen functional groups attached to an aromatic ring is 1. The molecule has 1 atom stereocenters. The van der Waals surface area contributed by atoms with Gasteiger partial charge < -0.3 is 10.5 Å². The normalized spacial score (nSPS) is 21.2. The van der Waals surface area contributed by atoms with Gasteiger partial charge in [-0.05, 0) is 26.2 Å². The topological polar surface area (TPSA) is 85.5 Å². The minimum Gasteiger partial charge on any atom is -0.377 e. The highest BCUT2D eigenvalue weighted by molar-refractivity contribution is 7.91. The van der Waals surface area contributed by atoms with E-state index in [2.05, 4.69) is 4.98 Å². The predicted molar refractivity (Wildman–Crippen MR) is 79.3 cm³/mol. The first-order chi connectivity index (χ1) is 9.45. The van der Waals surface area contributed by atoms with Gasteiger partial charge in [0.15, 0.2) is 9.34 Å². The van der Waals surface area contributed by atoms with Crippen LogP contribution in [0.3, 0.4) is 0 Å². The first-order valence-corrected chi connectivity index (χ1v) is 9.05. The van der Waals surface area contributed by atoms with Crippen molar-refractivity contribution >= 4 is 26.5 Å². The standard InChI is InChI=1S/C12H21N3O3S2/c1-3-7-18-10-5-4-6-15(8-10)20(16,17)11-9(2)14-12(13)19-11/h10H,3-8H2,1-2H3,(H2,13,14). The Kier molecular flexibility index (Phi) is 5.00. The minimum atomic E-state index is -3.50. The van der Waals surface area contributed by atoms with Crippen molar-refractivity contribution in [2.45, 2.75) is 43.4 Å². The summed E-state index contributed by atoms with van der Waals surface area (Å²) in [5.41, 5.74) is 6.07. The number of hydrogen-bond acceptors (Lipinski definition) is 6. The van der Waals surface area contributed by atoms with Gasteiger partial charge >= 0.3 is 0 Å². The molecule has 8 heteroatoms. The van der Waals surface area contributed by atoms with Crippen molar-refractivity contribution in [2.75, 3.05) is 25.4 Å². The fourth-order valence-electron chi connectivity index (χ4n) is 2.30. The Hall–Kier alpha value is -0.700. The number of aryl methyl sites for hydroxylation is 1. The number of nitrogens with zero attached hydrogens (tertiary/aromatic N) is 2. The van der Waals surface area contributed by atoms with E-state index in [0.29, 0.717) is 25.4 Å². The molecule has 0 spiro atoms. The highest BCUT2D eigenvalue weighted by Crippen LogP contribution is 2.30.